The molecule has 5 heteroatoms. The highest BCUT2D eigenvalue weighted by Crippen LogP contribution is 2.58. The van der Waals surface area contributed by atoms with E-state index in [-0.39, 0.29) is 6.10 Å². The predicted octanol–water partition coefficient (Wildman–Crippen LogP) is 1.64. The standard InChI is InChI=1S/C12H10O5/c1-15-9-4-7(6-13)2-3-8(9)12-5-10(12)16-11(14)17-12/h2-4,6,10H,5H2,1H3. The van der Waals surface area contributed by atoms with Gasteiger partial charge < -0.3 is 14.2 Å². The fraction of sp³-hybridized carbons (Fsp3) is 0.333. The molecule has 17 heavy (non-hydrogen) atoms. The van der Waals surface area contributed by atoms with Gasteiger partial charge in [0.1, 0.15) is 12.0 Å². The Morgan fingerprint density at radius 1 is 1.53 bits per heavy atom. The summed E-state index contributed by atoms with van der Waals surface area (Å²) in [5.41, 5.74) is 0.565. The van der Waals surface area contributed by atoms with Crippen molar-refractivity contribution in [2.24, 2.45) is 0 Å². The lowest BCUT2D eigenvalue weighted by molar-refractivity contribution is 0.0766. The van der Waals surface area contributed by atoms with Gasteiger partial charge in [-0.15, -0.1) is 0 Å². The average Bonchev–Trinajstić information content (AvgIpc) is 2.92. The van der Waals surface area contributed by atoms with Crippen molar-refractivity contribution in [3.8, 4) is 5.75 Å². The highest BCUT2D eigenvalue weighted by atomic mass is 16.8. The van der Waals surface area contributed by atoms with Crippen LogP contribution in [0.4, 0.5) is 4.79 Å². The number of carbonyl (C=O) groups excluding carboxylic acids is 2. The Hall–Kier alpha value is -2.04. The summed E-state index contributed by atoms with van der Waals surface area (Å²) < 4.78 is 15.4. The van der Waals surface area contributed by atoms with E-state index in [1.165, 1.54) is 7.11 Å². The number of ether oxygens (including phenoxy) is 3. The summed E-state index contributed by atoms with van der Waals surface area (Å²) in [6.07, 6.45) is 0.495. The highest BCUT2D eigenvalue weighted by molar-refractivity contribution is 5.76. The maximum Gasteiger partial charge on any atom is 0.509 e. The molecule has 1 aromatic rings. The topological polar surface area (TPSA) is 61.8 Å². The largest absolute Gasteiger partial charge is 0.509 e. The molecule has 1 heterocycles. The van der Waals surface area contributed by atoms with Crippen LogP contribution < -0.4 is 4.74 Å². The zero-order valence-electron chi connectivity index (χ0n) is 9.14. The molecule has 2 atom stereocenters. The molecule has 3 rings (SSSR count). The molecule has 1 aliphatic carbocycles. The van der Waals surface area contributed by atoms with Gasteiger partial charge in [-0.25, -0.2) is 4.79 Å². The van der Waals surface area contributed by atoms with Gasteiger partial charge in [-0.2, -0.15) is 0 Å². The third-order valence-electron chi connectivity index (χ3n) is 3.17. The van der Waals surface area contributed by atoms with Crippen LogP contribution in [0.5, 0.6) is 5.75 Å². The first-order chi connectivity index (χ1) is 8.19. The van der Waals surface area contributed by atoms with Gasteiger partial charge in [0.25, 0.3) is 0 Å². The van der Waals surface area contributed by atoms with Crippen LogP contribution in [0.3, 0.4) is 0 Å². The van der Waals surface area contributed by atoms with Crippen LogP contribution in [0.1, 0.15) is 22.3 Å². The first-order valence-electron chi connectivity index (χ1n) is 5.23. The Morgan fingerprint density at radius 3 is 2.94 bits per heavy atom. The lowest BCUT2D eigenvalue weighted by Crippen LogP contribution is -2.13. The molecule has 2 unspecified atom stereocenters. The third kappa shape index (κ3) is 1.32. The fourth-order valence-electron chi connectivity index (χ4n) is 2.22. The Balaban J connectivity index is 2.04. The van der Waals surface area contributed by atoms with Gasteiger partial charge in [-0.3, -0.25) is 4.79 Å². The molecule has 0 N–H and O–H groups in total. The molecule has 0 amide bonds. The molecule has 1 saturated heterocycles. The van der Waals surface area contributed by atoms with Crippen molar-refractivity contribution in [3.05, 3.63) is 29.3 Å². The van der Waals surface area contributed by atoms with Crippen LogP contribution in [-0.2, 0) is 15.1 Å². The molecule has 5 nitrogen and oxygen atoms in total. The Morgan fingerprint density at radius 2 is 2.35 bits per heavy atom. The molecule has 0 radical (unpaired) electrons. The van der Waals surface area contributed by atoms with Crippen molar-refractivity contribution < 1.29 is 23.8 Å². The highest BCUT2D eigenvalue weighted by Gasteiger charge is 2.68. The number of hydrogen-bond acceptors (Lipinski definition) is 5. The second-order valence-electron chi connectivity index (χ2n) is 4.13. The predicted molar refractivity (Wildman–Crippen MR) is 56.0 cm³/mol. The number of methoxy groups -OCH3 is 1. The van der Waals surface area contributed by atoms with Crippen LogP contribution in [0.25, 0.3) is 0 Å². The van der Waals surface area contributed by atoms with E-state index in [4.69, 9.17) is 14.2 Å². The van der Waals surface area contributed by atoms with E-state index in [0.717, 1.165) is 11.8 Å². The number of aldehydes is 1. The molecule has 0 aromatic heterocycles. The normalized spacial score (nSPS) is 29.0. The van der Waals surface area contributed by atoms with E-state index in [9.17, 15) is 9.59 Å². The molecule has 0 spiro atoms. The lowest BCUT2D eigenvalue weighted by atomic mass is 10.0. The third-order valence-corrected chi connectivity index (χ3v) is 3.17. The lowest BCUT2D eigenvalue weighted by Gasteiger charge is -2.14. The second kappa shape index (κ2) is 3.23. The number of hydrogen-bond donors (Lipinski definition) is 0. The molecular formula is C12H10O5. The van der Waals surface area contributed by atoms with E-state index in [1.54, 1.807) is 18.2 Å². The second-order valence-corrected chi connectivity index (χ2v) is 4.13. The van der Waals surface area contributed by atoms with Crippen LogP contribution in [-0.4, -0.2) is 25.7 Å². The van der Waals surface area contributed by atoms with Gasteiger partial charge in [0.2, 0.25) is 0 Å². The fourth-order valence-corrected chi connectivity index (χ4v) is 2.22. The summed E-state index contributed by atoms with van der Waals surface area (Å²) in [4.78, 5) is 21.7. The smallest absolute Gasteiger partial charge is 0.496 e. The van der Waals surface area contributed by atoms with Crippen LogP contribution >= 0.6 is 0 Å². The van der Waals surface area contributed by atoms with E-state index in [0.29, 0.717) is 17.7 Å². The van der Waals surface area contributed by atoms with E-state index in [1.807, 2.05) is 0 Å². The van der Waals surface area contributed by atoms with E-state index >= 15 is 0 Å². The van der Waals surface area contributed by atoms with E-state index < -0.39 is 11.8 Å². The Labute approximate surface area is 97.3 Å². The minimum Gasteiger partial charge on any atom is -0.496 e. The minimum atomic E-state index is -0.705. The van der Waals surface area contributed by atoms with Crippen molar-refractivity contribution >= 4 is 12.4 Å². The molecule has 0 bridgehead atoms. The van der Waals surface area contributed by atoms with Crippen molar-refractivity contribution in [2.45, 2.75) is 18.1 Å². The summed E-state index contributed by atoms with van der Waals surface area (Å²) >= 11 is 0. The molecule has 2 aliphatic rings. The molecule has 1 saturated carbocycles. The maximum atomic E-state index is 11.0. The van der Waals surface area contributed by atoms with Crippen molar-refractivity contribution in [1.82, 2.24) is 0 Å². The van der Waals surface area contributed by atoms with E-state index in [2.05, 4.69) is 0 Å². The van der Waals surface area contributed by atoms with Gasteiger partial charge in [0.15, 0.2) is 11.7 Å². The van der Waals surface area contributed by atoms with Crippen molar-refractivity contribution in [3.63, 3.8) is 0 Å². The van der Waals surface area contributed by atoms with Gasteiger partial charge >= 0.3 is 6.16 Å². The first-order valence-corrected chi connectivity index (χ1v) is 5.23. The zero-order valence-corrected chi connectivity index (χ0v) is 9.14. The van der Waals surface area contributed by atoms with Gasteiger partial charge in [-0.05, 0) is 6.07 Å². The van der Waals surface area contributed by atoms with Crippen molar-refractivity contribution in [1.29, 1.82) is 0 Å². The summed E-state index contributed by atoms with van der Waals surface area (Å²) in [6.45, 7) is 0. The summed E-state index contributed by atoms with van der Waals surface area (Å²) in [5.74, 6) is 0.537. The van der Waals surface area contributed by atoms with Crippen LogP contribution in [0, 0.1) is 0 Å². The summed E-state index contributed by atoms with van der Waals surface area (Å²) in [6, 6.07) is 5.03. The molecule has 1 aromatic carbocycles. The molecule has 88 valence electrons. The maximum absolute atomic E-state index is 11.0. The molecule has 1 aliphatic heterocycles. The first kappa shape index (κ1) is 10.1. The minimum absolute atomic E-state index is 0.231. The Kier molecular flexibility index (Phi) is 1.92. The number of carbonyl (C=O) groups is 2. The molecule has 2 fully saturated rings. The summed E-state index contributed by atoms with van der Waals surface area (Å²) in [7, 11) is 1.51. The quantitative estimate of drug-likeness (QED) is 0.587. The average molecular weight is 234 g/mol. The SMILES string of the molecule is COc1cc(C=O)ccc1C12CC1OC(=O)O2. The number of benzene rings is 1. The number of rotatable bonds is 3. The van der Waals surface area contributed by atoms with Crippen LogP contribution in [0.15, 0.2) is 18.2 Å². The summed E-state index contributed by atoms with van der Waals surface area (Å²) in [5, 5.41) is 0. The van der Waals surface area contributed by atoms with Gasteiger partial charge in [-0.1, -0.05) is 12.1 Å². The van der Waals surface area contributed by atoms with Crippen LogP contribution in [0.2, 0.25) is 0 Å². The van der Waals surface area contributed by atoms with Gasteiger partial charge in [0.05, 0.1) is 7.11 Å². The van der Waals surface area contributed by atoms with Gasteiger partial charge in [0, 0.05) is 17.5 Å². The number of fused-ring (bicyclic) bond motifs is 1. The molecular weight excluding hydrogens is 224 g/mol. The Bertz CT molecular complexity index is 510. The monoisotopic (exact) mass is 234 g/mol. The zero-order chi connectivity index (χ0) is 12.0. The van der Waals surface area contributed by atoms with Crippen molar-refractivity contribution in [2.75, 3.05) is 7.11 Å².